The van der Waals surface area contributed by atoms with Gasteiger partial charge in [-0.3, -0.25) is 9.59 Å². The summed E-state index contributed by atoms with van der Waals surface area (Å²) in [5.41, 5.74) is 1.07. The first-order valence-corrected chi connectivity index (χ1v) is 9.28. The largest absolute Gasteiger partial charge is 0.342 e. The summed E-state index contributed by atoms with van der Waals surface area (Å²) in [5, 5.41) is 6.28. The third-order valence-corrected chi connectivity index (χ3v) is 5.31. The molecular weight excluding hydrogens is 352 g/mol. The summed E-state index contributed by atoms with van der Waals surface area (Å²) in [6, 6.07) is 4.17. The highest BCUT2D eigenvalue weighted by atomic mass is 35.5. The molecule has 0 spiro atoms. The maximum absolute atomic E-state index is 12.7. The number of nitrogens with one attached hydrogen (secondary N) is 2. The molecule has 3 heterocycles. The fourth-order valence-corrected chi connectivity index (χ4v) is 3.75. The fourth-order valence-electron chi connectivity index (χ4n) is 3.75. The molecular formula is C19H29ClN4O2. The minimum atomic E-state index is -0.0425. The van der Waals surface area contributed by atoms with Gasteiger partial charge in [0.05, 0.1) is 0 Å². The quantitative estimate of drug-likeness (QED) is 0.844. The number of aryl methyl sites for hydroxylation is 1. The molecule has 6 nitrogen and oxygen atoms in total. The molecule has 0 saturated carbocycles. The van der Waals surface area contributed by atoms with E-state index in [1.165, 1.54) is 0 Å². The van der Waals surface area contributed by atoms with Crippen LogP contribution >= 0.6 is 12.4 Å². The first-order valence-electron chi connectivity index (χ1n) is 9.28. The summed E-state index contributed by atoms with van der Waals surface area (Å²) in [4.78, 5) is 31.3. The molecule has 0 aliphatic carbocycles. The summed E-state index contributed by atoms with van der Waals surface area (Å²) in [6.45, 7) is 6.37. The predicted octanol–water partition coefficient (Wildman–Crippen LogP) is 2.38. The highest BCUT2D eigenvalue weighted by Crippen LogP contribution is 2.24. The van der Waals surface area contributed by atoms with E-state index in [4.69, 9.17) is 0 Å². The Morgan fingerprint density at radius 2 is 1.92 bits per heavy atom. The Labute approximate surface area is 161 Å². The predicted molar refractivity (Wildman–Crippen MR) is 104 cm³/mol. The van der Waals surface area contributed by atoms with Gasteiger partial charge in [-0.2, -0.15) is 0 Å². The van der Waals surface area contributed by atoms with Gasteiger partial charge in [-0.05, 0) is 57.7 Å². The number of hydrogen-bond donors (Lipinski definition) is 2. The van der Waals surface area contributed by atoms with Crippen LogP contribution in [0.3, 0.4) is 0 Å². The van der Waals surface area contributed by atoms with Crippen molar-refractivity contribution in [2.45, 2.75) is 45.6 Å². The minimum absolute atomic E-state index is 0. The zero-order chi connectivity index (χ0) is 17.8. The van der Waals surface area contributed by atoms with Gasteiger partial charge in [0.1, 0.15) is 5.82 Å². The molecule has 2 N–H and O–H groups in total. The number of pyridine rings is 1. The molecule has 0 bridgehead atoms. The summed E-state index contributed by atoms with van der Waals surface area (Å²) < 4.78 is 0. The van der Waals surface area contributed by atoms with Crippen LogP contribution in [0.15, 0.2) is 18.3 Å². The lowest BCUT2D eigenvalue weighted by Gasteiger charge is -2.36. The van der Waals surface area contributed by atoms with Crippen LogP contribution in [-0.2, 0) is 9.59 Å². The van der Waals surface area contributed by atoms with E-state index < -0.39 is 0 Å². The average Bonchev–Trinajstić information content (AvgIpc) is 2.63. The topological polar surface area (TPSA) is 74.3 Å². The number of carbonyl (C=O) groups excluding carboxylic acids is 2. The van der Waals surface area contributed by atoms with Crippen LogP contribution in [0, 0.1) is 18.8 Å². The van der Waals surface area contributed by atoms with Gasteiger partial charge in [-0.15, -0.1) is 12.4 Å². The molecule has 7 heteroatoms. The molecule has 2 aliphatic heterocycles. The van der Waals surface area contributed by atoms with Crippen molar-refractivity contribution < 1.29 is 9.59 Å². The van der Waals surface area contributed by atoms with Gasteiger partial charge in [-0.1, -0.05) is 6.07 Å². The molecule has 3 rings (SSSR count). The molecule has 2 saturated heterocycles. The number of piperidine rings is 2. The number of carbonyl (C=O) groups is 2. The number of aromatic nitrogens is 1. The van der Waals surface area contributed by atoms with E-state index in [-0.39, 0.29) is 36.1 Å². The number of rotatable bonds is 3. The lowest BCUT2D eigenvalue weighted by Crippen LogP contribution is -2.47. The van der Waals surface area contributed by atoms with Gasteiger partial charge >= 0.3 is 0 Å². The van der Waals surface area contributed by atoms with Crippen molar-refractivity contribution in [1.82, 2.24) is 15.2 Å². The Balaban J connectivity index is 0.00000243. The smallest absolute Gasteiger partial charge is 0.228 e. The van der Waals surface area contributed by atoms with Gasteiger partial charge in [0, 0.05) is 37.2 Å². The number of hydrogen-bond acceptors (Lipinski definition) is 4. The number of nitrogens with zero attached hydrogens (tertiary/aromatic N) is 2. The maximum Gasteiger partial charge on any atom is 0.228 e. The van der Waals surface area contributed by atoms with E-state index in [1.807, 2.05) is 24.0 Å². The second-order valence-corrected chi connectivity index (χ2v) is 7.39. The zero-order valence-corrected chi connectivity index (χ0v) is 16.3. The zero-order valence-electron chi connectivity index (χ0n) is 15.5. The summed E-state index contributed by atoms with van der Waals surface area (Å²) in [5.74, 6) is 0.974. The Morgan fingerprint density at radius 3 is 2.54 bits per heavy atom. The van der Waals surface area contributed by atoms with Crippen LogP contribution in [0.5, 0.6) is 0 Å². The van der Waals surface area contributed by atoms with Crippen LogP contribution in [0.4, 0.5) is 5.82 Å². The van der Waals surface area contributed by atoms with E-state index in [0.717, 1.165) is 37.8 Å². The second-order valence-electron chi connectivity index (χ2n) is 7.39. The Bertz CT molecular complexity index is 614. The van der Waals surface area contributed by atoms with Crippen molar-refractivity contribution in [3.63, 3.8) is 0 Å². The molecule has 2 atom stereocenters. The van der Waals surface area contributed by atoms with E-state index in [1.54, 1.807) is 6.20 Å². The second kappa shape index (κ2) is 9.33. The van der Waals surface area contributed by atoms with Crippen LogP contribution in [0.25, 0.3) is 0 Å². The third-order valence-electron chi connectivity index (χ3n) is 5.31. The Morgan fingerprint density at radius 1 is 1.19 bits per heavy atom. The van der Waals surface area contributed by atoms with Crippen LogP contribution < -0.4 is 10.6 Å². The van der Waals surface area contributed by atoms with Crippen molar-refractivity contribution in [3.8, 4) is 0 Å². The van der Waals surface area contributed by atoms with Crippen molar-refractivity contribution in [2.75, 3.05) is 25.0 Å². The average molecular weight is 381 g/mol. The van der Waals surface area contributed by atoms with Gasteiger partial charge in [-0.25, -0.2) is 4.98 Å². The van der Waals surface area contributed by atoms with Gasteiger partial charge in [0.25, 0.3) is 0 Å². The molecule has 144 valence electrons. The van der Waals surface area contributed by atoms with Gasteiger partial charge in [0.2, 0.25) is 11.8 Å². The number of amides is 2. The van der Waals surface area contributed by atoms with Gasteiger partial charge < -0.3 is 15.5 Å². The summed E-state index contributed by atoms with van der Waals surface area (Å²) in [6.07, 6.45) is 5.03. The van der Waals surface area contributed by atoms with Crippen molar-refractivity contribution in [2.24, 2.45) is 11.8 Å². The normalized spacial score (nSPS) is 23.8. The molecule has 0 aromatic carbocycles. The number of anilines is 1. The highest BCUT2D eigenvalue weighted by molar-refractivity contribution is 5.92. The first-order chi connectivity index (χ1) is 12.0. The monoisotopic (exact) mass is 380 g/mol. The Kier molecular flexibility index (Phi) is 7.41. The van der Waals surface area contributed by atoms with Crippen LogP contribution in [0.2, 0.25) is 0 Å². The molecule has 1 aromatic rings. The van der Waals surface area contributed by atoms with E-state index in [9.17, 15) is 9.59 Å². The summed E-state index contributed by atoms with van der Waals surface area (Å²) >= 11 is 0. The van der Waals surface area contributed by atoms with Crippen LogP contribution in [-0.4, -0.2) is 47.4 Å². The minimum Gasteiger partial charge on any atom is -0.342 e. The van der Waals surface area contributed by atoms with Gasteiger partial charge in [0.15, 0.2) is 0 Å². The molecule has 2 amide bonds. The Hall–Kier alpha value is -1.66. The third kappa shape index (κ3) is 5.17. The number of likely N-dealkylation sites (tertiary alicyclic amines) is 1. The van der Waals surface area contributed by atoms with E-state index in [0.29, 0.717) is 24.9 Å². The standard InChI is InChI=1S/C19H28N4O2.ClH/c1-13-3-4-17(21-12-13)22-18(24)15-6-9-23(10-7-15)19(25)16-5-8-20-14(2)11-16;/h3-4,12,14-16,20H,5-11H2,1-2H3,(H,21,22,24);1H/t14-,16-;/m0./s1. The summed E-state index contributed by atoms with van der Waals surface area (Å²) in [7, 11) is 0. The van der Waals surface area contributed by atoms with E-state index in [2.05, 4.69) is 22.5 Å². The molecule has 2 aliphatic rings. The molecule has 0 radical (unpaired) electrons. The van der Waals surface area contributed by atoms with E-state index >= 15 is 0 Å². The molecule has 0 unspecified atom stereocenters. The van der Waals surface area contributed by atoms with Crippen molar-refractivity contribution >= 4 is 30.0 Å². The SMILES string of the molecule is Cc1ccc(NC(=O)C2CCN(C(=O)[C@H]3CCN[C@@H](C)C3)CC2)nc1.Cl. The lowest BCUT2D eigenvalue weighted by atomic mass is 9.90. The maximum atomic E-state index is 12.7. The first kappa shape index (κ1) is 20.6. The molecule has 2 fully saturated rings. The lowest BCUT2D eigenvalue weighted by molar-refractivity contribution is -0.139. The van der Waals surface area contributed by atoms with Crippen LogP contribution in [0.1, 0.15) is 38.2 Å². The molecule has 1 aromatic heterocycles. The fraction of sp³-hybridized carbons (Fsp3) is 0.632. The van der Waals surface area contributed by atoms with Crippen molar-refractivity contribution in [1.29, 1.82) is 0 Å². The van der Waals surface area contributed by atoms with Crippen molar-refractivity contribution in [3.05, 3.63) is 23.9 Å². The molecule has 26 heavy (non-hydrogen) atoms. The highest BCUT2D eigenvalue weighted by Gasteiger charge is 2.32. The number of halogens is 1.